The minimum absolute atomic E-state index is 0.107. The third-order valence-corrected chi connectivity index (χ3v) is 3.98. The smallest absolute Gasteiger partial charge is 0.337 e. The number of carboxylic acid groups (broad SMARTS) is 1. The minimum Gasteiger partial charge on any atom is -0.478 e. The molecule has 0 unspecified atom stereocenters. The van der Waals surface area contributed by atoms with Gasteiger partial charge in [0.1, 0.15) is 5.84 Å². The maximum absolute atomic E-state index is 12.0. The van der Waals surface area contributed by atoms with Gasteiger partial charge in [-0.2, -0.15) is 0 Å². The fourth-order valence-corrected chi connectivity index (χ4v) is 2.91. The number of nitrogen functional groups attached to an aromatic ring is 1. The van der Waals surface area contributed by atoms with Crippen LogP contribution < -0.4 is 17.2 Å². The second-order valence-electron chi connectivity index (χ2n) is 5.70. The molecule has 130 valence electrons. The first kappa shape index (κ1) is 17.0. The van der Waals surface area contributed by atoms with Crippen LogP contribution in [0.3, 0.4) is 0 Å². The van der Waals surface area contributed by atoms with E-state index in [4.69, 9.17) is 22.6 Å². The maximum Gasteiger partial charge on any atom is 0.337 e. The number of nitrogens with zero attached hydrogens (tertiary/aromatic N) is 1. The Balaban J connectivity index is 2.41. The quantitative estimate of drug-likeness (QED) is 0.362. The number of rotatable bonds is 4. The second kappa shape index (κ2) is 6.56. The summed E-state index contributed by atoms with van der Waals surface area (Å²) in [6.07, 6.45) is 0. The Morgan fingerprint density at radius 1 is 0.962 bits per heavy atom. The van der Waals surface area contributed by atoms with Gasteiger partial charge in [-0.1, -0.05) is 36.4 Å². The van der Waals surface area contributed by atoms with Crippen LogP contribution in [0.1, 0.15) is 15.9 Å². The van der Waals surface area contributed by atoms with E-state index in [9.17, 15) is 9.90 Å². The maximum atomic E-state index is 12.0. The monoisotopic (exact) mass is 347 g/mol. The molecule has 3 rings (SSSR count). The highest BCUT2D eigenvalue weighted by atomic mass is 16.4. The predicted molar refractivity (Wildman–Crippen MR) is 103 cm³/mol. The van der Waals surface area contributed by atoms with Crippen LogP contribution >= 0.6 is 0 Å². The molecule has 0 amide bonds. The predicted octanol–water partition coefficient (Wildman–Crippen LogP) is 2.39. The Kier molecular flexibility index (Phi) is 4.28. The Labute approximate surface area is 149 Å². The average Bonchev–Trinajstić information content (AvgIpc) is 2.60. The highest BCUT2D eigenvalue weighted by Crippen LogP contribution is 2.37. The van der Waals surface area contributed by atoms with Crippen LogP contribution in [0.25, 0.3) is 21.9 Å². The lowest BCUT2D eigenvalue weighted by Gasteiger charge is -2.15. The first-order valence-electron chi connectivity index (χ1n) is 7.72. The molecule has 0 bridgehead atoms. The molecule has 0 radical (unpaired) electrons. The molecule has 0 spiro atoms. The molecule has 0 saturated carbocycles. The SMILES string of the molecule is N=C(N)c1ccc(N=C(N)N)c(-c2ccc3ccccc3c2)c1C(=O)O. The molecule has 0 fully saturated rings. The summed E-state index contributed by atoms with van der Waals surface area (Å²) in [5.74, 6) is -1.76. The molecule has 3 aromatic carbocycles. The lowest BCUT2D eigenvalue weighted by Crippen LogP contribution is -2.22. The van der Waals surface area contributed by atoms with Gasteiger partial charge in [-0.05, 0) is 34.5 Å². The summed E-state index contributed by atoms with van der Waals surface area (Å²) in [4.78, 5) is 16.0. The van der Waals surface area contributed by atoms with Crippen LogP contribution in [0.15, 0.2) is 59.6 Å². The van der Waals surface area contributed by atoms with E-state index in [1.165, 1.54) is 6.07 Å². The van der Waals surface area contributed by atoms with Crippen molar-refractivity contribution >= 4 is 34.2 Å². The van der Waals surface area contributed by atoms with Crippen molar-refractivity contribution in [3.05, 3.63) is 65.7 Å². The summed E-state index contributed by atoms with van der Waals surface area (Å²) in [7, 11) is 0. The molecular formula is C19H17N5O2. The van der Waals surface area contributed by atoms with Crippen molar-refractivity contribution in [2.75, 3.05) is 0 Å². The number of nitrogens with one attached hydrogen (secondary N) is 1. The molecular weight excluding hydrogens is 330 g/mol. The number of amidine groups is 1. The first-order chi connectivity index (χ1) is 12.4. The number of nitrogens with two attached hydrogens (primary N) is 3. The van der Waals surface area contributed by atoms with Crippen LogP contribution in [0.4, 0.5) is 5.69 Å². The zero-order chi connectivity index (χ0) is 18.8. The van der Waals surface area contributed by atoms with Gasteiger partial charge in [0, 0.05) is 11.1 Å². The molecule has 0 heterocycles. The van der Waals surface area contributed by atoms with Crippen molar-refractivity contribution in [2.45, 2.75) is 0 Å². The number of aromatic carboxylic acids is 1. The Hall–Kier alpha value is -3.87. The van der Waals surface area contributed by atoms with Gasteiger partial charge in [-0.25, -0.2) is 9.79 Å². The van der Waals surface area contributed by atoms with E-state index in [-0.39, 0.29) is 22.9 Å². The Morgan fingerprint density at radius 3 is 2.27 bits per heavy atom. The fraction of sp³-hybridized carbons (Fsp3) is 0. The molecule has 0 aliphatic rings. The summed E-state index contributed by atoms with van der Waals surface area (Å²) < 4.78 is 0. The zero-order valence-electron chi connectivity index (χ0n) is 13.7. The molecule has 0 saturated heterocycles. The number of aliphatic imine (C=N–C) groups is 1. The topological polar surface area (TPSA) is 152 Å². The van der Waals surface area contributed by atoms with Crippen LogP contribution in [-0.2, 0) is 0 Å². The second-order valence-corrected chi connectivity index (χ2v) is 5.70. The Bertz CT molecular complexity index is 1070. The summed E-state index contributed by atoms with van der Waals surface area (Å²) in [6.45, 7) is 0. The number of carbonyl (C=O) groups is 1. The molecule has 0 aromatic heterocycles. The number of carboxylic acids is 1. The van der Waals surface area contributed by atoms with Gasteiger partial charge in [0.25, 0.3) is 0 Å². The lowest BCUT2D eigenvalue weighted by atomic mass is 9.92. The standard InChI is InChI=1S/C19H17N5O2/c20-17(21)13-7-8-14(24-19(22)23)15(16(13)18(25)26)12-6-5-10-3-1-2-4-11(10)9-12/h1-9H,(H3,20,21)(H,25,26)(H4,22,23,24). The molecule has 3 aromatic rings. The van der Waals surface area contributed by atoms with Gasteiger partial charge < -0.3 is 22.3 Å². The van der Waals surface area contributed by atoms with Crippen molar-refractivity contribution in [3.63, 3.8) is 0 Å². The van der Waals surface area contributed by atoms with E-state index >= 15 is 0 Å². The van der Waals surface area contributed by atoms with Crippen LogP contribution in [-0.4, -0.2) is 22.9 Å². The lowest BCUT2D eigenvalue weighted by molar-refractivity contribution is 0.0697. The largest absolute Gasteiger partial charge is 0.478 e. The van der Waals surface area contributed by atoms with E-state index in [1.807, 2.05) is 36.4 Å². The molecule has 0 aliphatic heterocycles. The highest BCUT2D eigenvalue weighted by Gasteiger charge is 2.22. The third-order valence-electron chi connectivity index (χ3n) is 3.98. The highest BCUT2D eigenvalue weighted by molar-refractivity contribution is 6.11. The third kappa shape index (κ3) is 3.05. The number of fused-ring (bicyclic) bond motifs is 1. The van der Waals surface area contributed by atoms with Gasteiger partial charge in [-0.3, -0.25) is 5.41 Å². The average molecular weight is 347 g/mol. The molecule has 8 N–H and O–H groups in total. The van der Waals surface area contributed by atoms with Crippen molar-refractivity contribution in [1.29, 1.82) is 5.41 Å². The summed E-state index contributed by atoms with van der Waals surface area (Å²) in [6, 6.07) is 16.2. The van der Waals surface area contributed by atoms with E-state index in [0.29, 0.717) is 16.8 Å². The van der Waals surface area contributed by atoms with Gasteiger partial charge in [0.15, 0.2) is 5.96 Å². The molecule has 7 heteroatoms. The van der Waals surface area contributed by atoms with E-state index in [2.05, 4.69) is 4.99 Å². The molecule has 7 nitrogen and oxygen atoms in total. The summed E-state index contributed by atoms with van der Waals surface area (Å²) >= 11 is 0. The van der Waals surface area contributed by atoms with Gasteiger partial charge in [0.2, 0.25) is 0 Å². The molecule has 0 atom stereocenters. The van der Waals surface area contributed by atoms with Crippen molar-refractivity contribution < 1.29 is 9.90 Å². The van der Waals surface area contributed by atoms with E-state index < -0.39 is 5.97 Å². The van der Waals surface area contributed by atoms with Gasteiger partial charge in [-0.15, -0.1) is 0 Å². The van der Waals surface area contributed by atoms with Crippen molar-refractivity contribution in [3.8, 4) is 11.1 Å². The van der Waals surface area contributed by atoms with Gasteiger partial charge in [0.05, 0.1) is 11.3 Å². The summed E-state index contributed by atoms with van der Waals surface area (Å²) in [5, 5.41) is 19.4. The molecule has 26 heavy (non-hydrogen) atoms. The van der Waals surface area contributed by atoms with Crippen LogP contribution in [0.2, 0.25) is 0 Å². The van der Waals surface area contributed by atoms with Crippen molar-refractivity contribution in [2.24, 2.45) is 22.2 Å². The summed E-state index contributed by atoms with van der Waals surface area (Å²) in [5.41, 5.74) is 17.8. The number of guanidine groups is 1. The van der Waals surface area contributed by atoms with Crippen LogP contribution in [0.5, 0.6) is 0 Å². The van der Waals surface area contributed by atoms with E-state index in [1.54, 1.807) is 12.1 Å². The Morgan fingerprint density at radius 2 is 1.65 bits per heavy atom. The first-order valence-corrected chi connectivity index (χ1v) is 7.72. The van der Waals surface area contributed by atoms with E-state index in [0.717, 1.165) is 10.8 Å². The van der Waals surface area contributed by atoms with Gasteiger partial charge >= 0.3 is 5.97 Å². The zero-order valence-corrected chi connectivity index (χ0v) is 13.7. The fourth-order valence-electron chi connectivity index (χ4n) is 2.91. The number of hydrogen-bond donors (Lipinski definition) is 5. The number of hydrogen-bond acceptors (Lipinski definition) is 3. The van der Waals surface area contributed by atoms with Crippen LogP contribution in [0, 0.1) is 5.41 Å². The minimum atomic E-state index is -1.22. The number of benzene rings is 3. The molecule has 0 aliphatic carbocycles. The normalized spacial score (nSPS) is 10.5. The van der Waals surface area contributed by atoms with Crippen molar-refractivity contribution in [1.82, 2.24) is 0 Å².